The van der Waals surface area contributed by atoms with Gasteiger partial charge in [0.1, 0.15) is 6.33 Å². The summed E-state index contributed by atoms with van der Waals surface area (Å²) in [7, 11) is 0. The molecule has 0 radical (unpaired) electrons. The van der Waals surface area contributed by atoms with Gasteiger partial charge in [-0.3, -0.25) is 9.78 Å². The Kier molecular flexibility index (Phi) is 6.71. The van der Waals surface area contributed by atoms with E-state index in [1.807, 2.05) is 32.9 Å². The van der Waals surface area contributed by atoms with Crippen molar-refractivity contribution in [2.24, 2.45) is 11.3 Å². The minimum absolute atomic E-state index is 0.184. The molecule has 0 aliphatic rings. The van der Waals surface area contributed by atoms with Gasteiger partial charge < -0.3 is 5.11 Å². The Bertz CT molecular complexity index is 766. The first-order valence-corrected chi connectivity index (χ1v) is 9.50. The molecule has 3 atom stereocenters. The summed E-state index contributed by atoms with van der Waals surface area (Å²) in [6.45, 7) is 8.20. The minimum Gasteiger partial charge on any atom is -0.390 e. The normalized spacial score (nSPS) is 15.8. The van der Waals surface area contributed by atoms with Crippen molar-refractivity contribution in [1.82, 2.24) is 14.8 Å². The van der Waals surface area contributed by atoms with Gasteiger partial charge in [-0.2, -0.15) is 0 Å². The quantitative estimate of drug-likeness (QED) is 0.631. The number of aromatic nitrogens is 3. The summed E-state index contributed by atoms with van der Waals surface area (Å²) < 4.78 is 2.23. The third-order valence-electron chi connectivity index (χ3n) is 4.39. The summed E-state index contributed by atoms with van der Waals surface area (Å²) in [5, 5.41) is 15.2. The van der Waals surface area contributed by atoms with E-state index in [1.54, 1.807) is 17.1 Å². The first-order chi connectivity index (χ1) is 11.6. The van der Waals surface area contributed by atoms with E-state index in [1.165, 1.54) is 0 Å². The number of H-pyrrole nitrogens is 1. The Hall–Kier alpha value is -0.880. The van der Waals surface area contributed by atoms with Crippen LogP contribution >= 0.6 is 35.4 Å². The number of nitrogens with one attached hydrogen (secondary N) is 1. The van der Waals surface area contributed by atoms with Crippen LogP contribution in [0.1, 0.15) is 45.7 Å². The first-order valence-electron chi connectivity index (χ1n) is 8.33. The van der Waals surface area contributed by atoms with Crippen LogP contribution in [0.25, 0.3) is 0 Å². The Morgan fingerprint density at radius 3 is 2.52 bits per heavy atom. The number of aliphatic hydroxyl groups is 1. The topological polar surface area (TPSA) is 53.8 Å². The highest BCUT2D eigenvalue weighted by molar-refractivity contribution is 7.71. The zero-order chi connectivity index (χ0) is 18.8. The van der Waals surface area contributed by atoms with Gasteiger partial charge in [0.15, 0.2) is 0 Å². The van der Waals surface area contributed by atoms with Gasteiger partial charge in [0, 0.05) is 10.0 Å². The molecule has 2 N–H and O–H groups in total. The van der Waals surface area contributed by atoms with E-state index in [9.17, 15) is 5.11 Å². The third kappa shape index (κ3) is 5.30. The lowest BCUT2D eigenvalue weighted by Crippen LogP contribution is -2.37. The number of rotatable bonds is 6. The number of hydrogen-bond donors (Lipinski definition) is 2. The van der Waals surface area contributed by atoms with E-state index in [0.29, 0.717) is 14.8 Å². The molecule has 0 spiro atoms. The number of nitrogens with zero attached hydrogens (tertiary/aromatic N) is 2. The lowest BCUT2D eigenvalue weighted by Gasteiger charge is -2.34. The van der Waals surface area contributed by atoms with Gasteiger partial charge in [-0.25, -0.2) is 4.98 Å². The number of aliphatic hydroxyl groups excluding tert-OH is 1. The average Bonchev–Trinajstić information content (AvgIpc) is 2.92. The first kappa shape index (κ1) is 20.4. The van der Waals surface area contributed by atoms with Crippen molar-refractivity contribution < 1.29 is 5.11 Å². The summed E-state index contributed by atoms with van der Waals surface area (Å²) in [5.74, 6) is 0.283. The molecule has 7 heteroatoms. The number of aromatic amines is 1. The SMILES string of the molecule is CC(Cc1ccc(Cl)cc1Cl)CC(C(O)C(C)(C)C)n1[nH]cnc1=S. The van der Waals surface area contributed by atoms with Crippen LogP contribution in [0.2, 0.25) is 10.0 Å². The zero-order valence-electron chi connectivity index (χ0n) is 15.0. The largest absolute Gasteiger partial charge is 0.390 e. The monoisotopic (exact) mass is 401 g/mol. The fourth-order valence-electron chi connectivity index (χ4n) is 3.01. The lowest BCUT2D eigenvalue weighted by atomic mass is 9.81. The molecular weight excluding hydrogens is 377 g/mol. The number of halogens is 2. The lowest BCUT2D eigenvalue weighted by molar-refractivity contribution is 0.00389. The molecule has 0 bridgehead atoms. The molecular formula is C18H25Cl2N3OS. The van der Waals surface area contributed by atoms with E-state index in [4.69, 9.17) is 35.4 Å². The Morgan fingerprint density at radius 1 is 1.32 bits per heavy atom. The van der Waals surface area contributed by atoms with E-state index >= 15 is 0 Å². The van der Waals surface area contributed by atoms with Crippen molar-refractivity contribution in [3.05, 3.63) is 44.9 Å². The maximum absolute atomic E-state index is 10.9. The second-order valence-corrected chi connectivity index (χ2v) is 8.91. The van der Waals surface area contributed by atoms with Crippen molar-refractivity contribution in [1.29, 1.82) is 0 Å². The van der Waals surface area contributed by atoms with Crippen molar-refractivity contribution in [2.45, 2.75) is 52.7 Å². The summed E-state index contributed by atoms with van der Waals surface area (Å²) in [5.41, 5.74) is 0.776. The van der Waals surface area contributed by atoms with Crippen LogP contribution < -0.4 is 0 Å². The molecule has 0 aliphatic carbocycles. The molecule has 4 nitrogen and oxygen atoms in total. The second-order valence-electron chi connectivity index (χ2n) is 7.70. The molecule has 0 saturated carbocycles. The maximum atomic E-state index is 10.9. The van der Waals surface area contributed by atoms with Crippen molar-refractivity contribution in [3.8, 4) is 0 Å². The Labute approximate surface area is 164 Å². The smallest absolute Gasteiger partial charge is 0.216 e. The fraction of sp³-hybridized carbons (Fsp3) is 0.556. The minimum atomic E-state index is -0.567. The maximum Gasteiger partial charge on any atom is 0.216 e. The third-order valence-corrected chi connectivity index (χ3v) is 5.28. The van der Waals surface area contributed by atoms with Crippen LogP contribution in [0, 0.1) is 16.1 Å². The predicted octanol–water partition coefficient (Wildman–Crippen LogP) is 5.46. The standard InChI is InChI=1S/C18H25Cl2N3OS/c1-11(7-12-5-6-13(19)9-14(12)20)8-15(16(24)18(2,3)4)23-17(25)21-10-22-23/h5-6,9-11,15-16,24H,7-8H2,1-4H3,(H,21,22,25). The highest BCUT2D eigenvalue weighted by Gasteiger charge is 2.33. The van der Waals surface area contributed by atoms with Crippen LogP contribution in [0.3, 0.4) is 0 Å². The van der Waals surface area contributed by atoms with Crippen LogP contribution in [0.5, 0.6) is 0 Å². The second kappa shape index (κ2) is 8.21. The summed E-state index contributed by atoms with van der Waals surface area (Å²) in [6, 6.07) is 5.38. The molecule has 3 unspecified atom stereocenters. The molecule has 0 fully saturated rings. The predicted molar refractivity (Wildman–Crippen MR) is 106 cm³/mol. The summed E-state index contributed by atoms with van der Waals surface area (Å²) in [4.78, 5) is 4.09. The molecule has 0 amide bonds. The molecule has 2 rings (SSSR count). The highest BCUT2D eigenvalue weighted by Crippen LogP contribution is 2.34. The molecule has 1 heterocycles. The Balaban J connectivity index is 2.21. The van der Waals surface area contributed by atoms with Crippen LogP contribution in [-0.4, -0.2) is 26.0 Å². The number of hydrogen-bond acceptors (Lipinski definition) is 3. The van der Waals surface area contributed by atoms with E-state index in [2.05, 4.69) is 17.0 Å². The van der Waals surface area contributed by atoms with Gasteiger partial charge in [0.05, 0.1) is 12.1 Å². The van der Waals surface area contributed by atoms with Gasteiger partial charge in [0.25, 0.3) is 0 Å². The molecule has 138 valence electrons. The summed E-state index contributed by atoms with van der Waals surface area (Å²) in [6.07, 6.45) is 2.53. The molecule has 0 saturated heterocycles. The van der Waals surface area contributed by atoms with Gasteiger partial charge in [-0.15, -0.1) is 0 Å². The molecule has 2 aromatic rings. The zero-order valence-corrected chi connectivity index (χ0v) is 17.3. The molecule has 1 aromatic carbocycles. The van der Waals surface area contributed by atoms with E-state index < -0.39 is 6.10 Å². The van der Waals surface area contributed by atoms with E-state index in [-0.39, 0.29) is 17.4 Å². The van der Waals surface area contributed by atoms with Crippen molar-refractivity contribution in [2.75, 3.05) is 0 Å². The van der Waals surface area contributed by atoms with E-state index in [0.717, 1.165) is 18.4 Å². The molecule has 1 aromatic heterocycles. The van der Waals surface area contributed by atoms with Gasteiger partial charge in [-0.05, 0) is 54.1 Å². The van der Waals surface area contributed by atoms with Crippen LogP contribution in [0.4, 0.5) is 0 Å². The molecule has 0 aliphatic heterocycles. The van der Waals surface area contributed by atoms with Gasteiger partial charge >= 0.3 is 0 Å². The van der Waals surface area contributed by atoms with Crippen molar-refractivity contribution >= 4 is 35.4 Å². The van der Waals surface area contributed by atoms with Gasteiger partial charge in [-0.1, -0.05) is 57.0 Å². The number of benzene rings is 1. The summed E-state index contributed by atoms with van der Waals surface area (Å²) >= 11 is 17.6. The average molecular weight is 402 g/mol. The van der Waals surface area contributed by atoms with Gasteiger partial charge in [0.2, 0.25) is 4.77 Å². The highest BCUT2D eigenvalue weighted by atomic mass is 35.5. The van der Waals surface area contributed by atoms with Crippen molar-refractivity contribution in [3.63, 3.8) is 0 Å². The Morgan fingerprint density at radius 2 is 2.00 bits per heavy atom. The fourth-order valence-corrected chi connectivity index (χ4v) is 3.74. The molecule has 25 heavy (non-hydrogen) atoms. The van der Waals surface area contributed by atoms with Crippen LogP contribution in [-0.2, 0) is 6.42 Å². The van der Waals surface area contributed by atoms with Crippen LogP contribution in [0.15, 0.2) is 24.5 Å².